The predicted molar refractivity (Wildman–Crippen MR) is 101 cm³/mol. The smallest absolute Gasteiger partial charge is 0.338 e. The predicted octanol–water partition coefficient (Wildman–Crippen LogP) is 5.09. The average Bonchev–Trinajstić information content (AvgIpc) is 2.55. The number of hydrogen-bond donors (Lipinski definition) is 1. The van der Waals surface area contributed by atoms with E-state index < -0.39 is 11.9 Å². The molecule has 0 spiro atoms. The van der Waals surface area contributed by atoms with Gasteiger partial charge in [0.2, 0.25) is 0 Å². The minimum Gasteiger partial charge on any atom is -0.452 e. The van der Waals surface area contributed by atoms with E-state index in [-0.39, 0.29) is 22.6 Å². The van der Waals surface area contributed by atoms with Crippen molar-refractivity contribution in [1.29, 1.82) is 0 Å². The van der Waals surface area contributed by atoms with Gasteiger partial charge in [-0.25, -0.2) is 4.79 Å². The van der Waals surface area contributed by atoms with Crippen molar-refractivity contribution >= 4 is 40.8 Å². The lowest BCUT2D eigenvalue weighted by molar-refractivity contribution is -0.119. The van der Waals surface area contributed by atoms with Crippen LogP contribution < -0.4 is 5.32 Å². The normalized spacial score (nSPS) is 11.1. The highest BCUT2D eigenvalue weighted by molar-refractivity contribution is 6.42. The molecule has 1 amide bonds. The van der Waals surface area contributed by atoms with Crippen LogP contribution >= 0.6 is 23.2 Å². The fourth-order valence-corrected chi connectivity index (χ4v) is 2.39. The average molecular weight is 380 g/mol. The number of benzene rings is 2. The van der Waals surface area contributed by atoms with Crippen LogP contribution in [-0.2, 0) is 14.9 Å². The molecule has 0 radical (unpaired) electrons. The van der Waals surface area contributed by atoms with Crippen LogP contribution in [0.1, 0.15) is 36.7 Å². The first-order valence-corrected chi connectivity index (χ1v) is 8.45. The molecule has 0 unspecified atom stereocenters. The van der Waals surface area contributed by atoms with E-state index in [1.165, 1.54) is 18.2 Å². The number of carbonyl (C=O) groups excluding carboxylic acids is 2. The van der Waals surface area contributed by atoms with Gasteiger partial charge in [0, 0.05) is 5.69 Å². The zero-order valence-corrected chi connectivity index (χ0v) is 15.7. The Morgan fingerprint density at radius 3 is 2.20 bits per heavy atom. The fraction of sp³-hybridized carbons (Fsp3) is 0.263. The number of nitrogens with one attached hydrogen (secondary N) is 1. The lowest BCUT2D eigenvalue weighted by atomic mass is 9.87. The molecule has 0 bridgehead atoms. The van der Waals surface area contributed by atoms with Crippen LogP contribution in [0, 0.1) is 0 Å². The third kappa shape index (κ3) is 5.48. The highest BCUT2D eigenvalue weighted by atomic mass is 35.5. The van der Waals surface area contributed by atoms with Crippen LogP contribution in [0.15, 0.2) is 42.5 Å². The number of hydrogen-bond acceptors (Lipinski definition) is 3. The molecule has 2 aromatic rings. The Morgan fingerprint density at radius 2 is 1.64 bits per heavy atom. The maximum atomic E-state index is 11.9. The summed E-state index contributed by atoms with van der Waals surface area (Å²) in [4.78, 5) is 23.8. The standard InChI is InChI=1S/C19H19Cl2NO3/c1-19(2,3)13-5-7-14(8-6-13)22-17(23)11-25-18(24)12-4-9-15(20)16(21)10-12/h4-10H,11H2,1-3H3,(H,22,23). The van der Waals surface area contributed by atoms with Crippen LogP contribution in [-0.4, -0.2) is 18.5 Å². The summed E-state index contributed by atoms with van der Waals surface area (Å²) in [5.74, 6) is -1.06. The number of ether oxygens (including phenoxy) is 1. The van der Waals surface area contributed by atoms with Gasteiger partial charge < -0.3 is 10.1 Å². The molecule has 0 aliphatic rings. The zero-order valence-electron chi connectivity index (χ0n) is 14.2. The number of esters is 1. The molecule has 0 heterocycles. The lowest BCUT2D eigenvalue weighted by Crippen LogP contribution is -2.21. The van der Waals surface area contributed by atoms with Crippen molar-refractivity contribution in [1.82, 2.24) is 0 Å². The molecule has 0 aliphatic carbocycles. The first-order chi connectivity index (χ1) is 11.7. The first kappa shape index (κ1) is 19.3. The minimum absolute atomic E-state index is 0.0396. The second-order valence-electron chi connectivity index (χ2n) is 6.58. The van der Waals surface area contributed by atoms with E-state index in [9.17, 15) is 9.59 Å². The molecule has 2 rings (SSSR count). The number of rotatable bonds is 4. The molecular formula is C19H19Cl2NO3. The monoisotopic (exact) mass is 379 g/mol. The third-order valence-corrected chi connectivity index (χ3v) is 4.26. The molecule has 0 aliphatic heterocycles. The van der Waals surface area contributed by atoms with E-state index in [1.807, 2.05) is 24.3 Å². The minimum atomic E-state index is -0.642. The van der Waals surface area contributed by atoms with Gasteiger partial charge >= 0.3 is 5.97 Å². The van der Waals surface area contributed by atoms with E-state index >= 15 is 0 Å². The second-order valence-corrected chi connectivity index (χ2v) is 7.39. The van der Waals surface area contributed by atoms with Gasteiger partial charge in [-0.05, 0) is 41.3 Å². The van der Waals surface area contributed by atoms with E-state index in [4.69, 9.17) is 27.9 Å². The van der Waals surface area contributed by atoms with Gasteiger partial charge in [0.1, 0.15) is 0 Å². The Bertz CT molecular complexity index is 780. The van der Waals surface area contributed by atoms with Gasteiger partial charge in [0.15, 0.2) is 6.61 Å². The van der Waals surface area contributed by atoms with Crippen molar-refractivity contribution in [2.45, 2.75) is 26.2 Å². The van der Waals surface area contributed by atoms with E-state index in [1.54, 1.807) is 0 Å². The Balaban J connectivity index is 1.90. The summed E-state index contributed by atoms with van der Waals surface area (Å²) >= 11 is 11.6. The fourth-order valence-electron chi connectivity index (χ4n) is 2.09. The lowest BCUT2D eigenvalue weighted by Gasteiger charge is -2.19. The zero-order chi connectivity index (χ0) is 18.6. The van der Waals surface area contributed by atoms with E-state index in [0.29, 0.717) is 10.7 Å². The molecule has 2 aromatic carbocycles. The van der Waals surface area contributed by atoms with Crippen LogP contribution in [0.3, 0.4) is 0 Å². The maximum Gasteiger partial charge on any atom is 0.338 e. The van der Waals surface area contributed by atoms with Crippen molar-refractivity contribution in [3.05, 3.63) is 63.6 Å². The van der Waals surface area contributed by atoms with Crippen LogP contribution in [0.5, 0.6) is 0 Å². The molecule has 4 nitrogen and oxygen atoms in total. The van der Waals surface area contributed by atoms with Crippen LogP contribution in [0.25, 0.3) is 0 Å². The van der Waals surface area contributed by atoms with Crippen LogP contribution in [0.4, 0.5) is 5.69 Å². The number of amides is 1. The van der Waals surface area contributed by atoms with Gasteiger partial charge in [0.05, 0.1) is 15.6 Å². The van der Waals surface area contributed by atoms with Crippen molar-refractivity contribution in [2.75, 3.05) is 11.9 Å². The number of halogens is 2. The summed E-state index contributed by atoms with van der Waals surface area (Å²) in [6, 6.07) is 11.9. The van der Waals surface area contributed by atoms with Crippen molar-refractivity contribution in [2.24, 2.45) is 0 Å². The molecule has 132 valence electrons. The second kappa shape index (κ2) is 7.89. The van der Waals surface area contributed by atoms with Gasteiger partial charge in [-0.3, -0.25) is 4.79 Å². The first-order valence-electron chi connectivity index (χ1n) is 7.69. The molecule has 25 heavy (non-hydrogen) atoms. The summed E-state index contributed by atoms with van der Waals surface area (Å²) in [6.45, 7) is 5.95. The quantitative estimate of drug-likeness (QED) is 0.752. The van der Waals surface area contributed by atoms with Gasteiger partial charge in [-0.15, -0.1) is 0 Å². The van der Waals surface area contributed by atoms with Gasteiger partial charge in [-0.2, -0.15) is 0 Å². The van der Waals surface area contributed by atoms with E-state index in [2.05, 4.69) is 26.1 Å². The van der Waals surface area contributed by atoms with Gasteiger partial charge in [0.25, 0.3) is 5.91 Å². The SMILES string of the molecule is CC(C)(C)c1ccc(NC(=O)COC(=O)c2ccc(Cl)c(Cl)c2)cc1. The third-order valence-electron chi connectivity index (χ3n) is 3.52. The molecule has 6 heteroatoms. The van der Waals surface area contributed by atoms with Crippen molar-refractivity contribution < 1.29 is 14.3 Å². The Morgan fingerprint density at radius 1 is 1.00 bits per heavy atom. The summed E-state index contributed by atoms with van der Waals surface area (Å²) in [6.07, 6.45) is 0. The summed E-state index contributed by atoms with van der Waals surface area (Å²) < 4.78 is 4.98. The number of anilines is 1. The Labute approximate surface area is 157 Å². The molecule has 0 aromatic heterocycles. The van der Waals surface area contributed by atoms with Crippen molar-refractivity contribution in [3.8, 4) is 0 Å². The summed E-state index contributed by atoms with van der Waals surface area (Å²) in [5, 5.41) is 3.28. The topological polar surface area (TPSA) is 55.4 Å². The molecule has 0 saturated carbocycles. The highest BCUT2D eigenvalue weighted by Crippen LogP contribution is 2.24. The van der Waals surface area contributed by atoms with Gasteiger partial charge in [-0.1, -0.05) is 56.1 Å². The molecule has 0 fully saturated rings. The summed E-state index contributed by atoms with van der Waals surface area (Å²) in [7, 11) is 0. The molecule has 0 saturated heterocycles. The van der Waals surface area contributed by atoms with Crippen molar-refractivity contribution in [3.63, 3.8) is 0 Å². The molecular weight excluding hydrogens is 361 g/mol. The Kier molecular flexibility index (Phi) is 6.09. The van der Waals surface area contributed by atoms with E-state index in [0.717, 1.165) is 5.56 Å². The molecule has 0 atom stereocenters. The highest BCUT2D eigenvalue weighted by Gasteiger charge is 2.14. The largest absolute Gasteiger partial charge is 0.452 e. The molecule has 1 N–H and O–H groups in total. The summed E-state index contributed by atoms with van der Waals surface area (Å²) in [5.41, 5.74) is 2.08. The van der Waals surface area contributed by atoms with Crippen LogP contribution in [0.2, 0.25) is 10.0 Å². The Hall–Kier alpha value is -2.04. The number of carbonyl (C=O) groups is 2. The maximum absolute atomic E-state index is 11.9.